The molecule has 0 bridgehead atoms. The average molecular weight is 352 g/mol. The fourth-order valence-corrected chi connectivity index (χ4v) is 3.70. The largest absolute Gasteiger partial charge is 0.491 e. The number of hydrogen-bond donors (Lipinski definition) is 1. The number of nitrogens with one attached hydrogen (secondary N) is 1. The van der Waals surface area contributed by atoms with Crippen molar-refractivity contribution in [1.29, 1.82) is 0 Å². The molecule has 1 N–H and O–H groups in total. The van der Waals surface area contributed by atoms with Gasteiger partial charge in [0.1, 0.15) is 12.4 Å². The summed E-state index contributed by atoms with van der Waals surface area (Å²) in [6.45, 7) is 6.35. The lowest BCUT2D eigenvalue weighted by atomic mass is 9.87. The molecular weight excluding hydrogens is 331 g/mol. The molecule has 1 atom stereocenters. The monoisotopic (exact) mass is 350 g/mol. The predicted octanol–water partition coefficient (Wildman–Crippen LogP) is 3.48. The SMILES string of the molecule is Cl.Clc1ccc(OCCN2CCC3(CCNC3)C2)c(Cl)c1. The van der Waals surface area contributed by atoms with Gasteiger partial charge in [-0.15, -0.1) is 12.4 Å². The van der Waals surface area contributed by atoms with E-state index >= 15 is 0 Å². The summed E-state index contributed by atoms with van der Waals surface area (Å²) in [6, 6.07) is 5.35. The summed E-state index contributed by atoms with van der Waals surface area (Å²) in [5, 5.41) is 4.70. The van der Waals surface area contributed by atoms with Crippen LogP contribution in [0.4, 0.5) is 0 Å². The van der Waals surface area contributed by atoms with Crippen LogP contribution in [-0.4, -0.2) is 44.2 Å². The first kappa shape index (κ1) is 17.2. The van der Waals surface area contributed by atoms with Gasteiger partial charge in [0.15, 0.2) is 0 Å². The van der Waals surface area contributed by atoms with Crippen molar-refractivity contribution < 1.29 is 4.74 Å². The van der Waals surface area contributed by atoms with Gasteiger partial charge in [-0.05, 0) is 49.5 Å². The molecule has 1 unspecified atom stereocenters. The van der Waals surface area contributed by atoms with E-state index in [2.05, 4.69) is 10.2 Å². The number of likely N-dealkylation sites (tertiary alicyclic amines) is 1. The van der Waals surface area contributed by atoms with Crippen LogP contribution in [0.1, 0.15) is 12.8 Å². The highest BCUT2D eigenvalue weighted by molar-refractivity contribution is 6.35. The maximum atomic E-state index is 6.09. The zero-order valence-electron chi connectivity index (χ0n) is 11.9. The van der Waals surface area contributed by atoms with Crippen molar-refractivity contribution in [2.75, 3.05) is 39.3 Å². The molecule has 6 heteroatoms. The standard InChI is InChI=1S/C15H20Cl2N2O.ClH/c16-12-1-2-14(13(17)9-12)20-8-7-19-6-4-15(11-19)3-5-18-10-15;/h1-2,9,18H,3-8,10-11H2;1H. The Morgan fingerprint density at radius 2 is 2.14 bits per heavy atom. The summed E-state index contributed by atoms with van der Waals surface area (Å²) in [5.41, 5.74) is 0.526. The molecule has 1 aromatic carbocycles. The van der Waals surface area contributed by atoms with Gasteiger partial charge in [0.25, 0.3) is 0 Å². The molecule has 1 aromatic rings. The first-order valence-corrected chi connectivity index (χ1v) is 7.93. The number of ether oxygens (including phenoxy) is 1. The quantitative estimate of drug-likeness (QED) is 0.899. The fraction of sp³-hybridized carbons (Fsp3) is 0.600. The van der Waals surface area contributed by atoms with Crippen LogP contribution < -0.4 is 10.1 Å². The molecule has 2 aliphatic rings. The normalized spacial score (nSPS) is 25.2. The van der Waals surface area contributed by atoms with Crippen molar-refractivity contribution in [3.63, 3.8) is 0 Å². The Hall–Kier alpha value is -0.190. The van der Waals surface area contributed by atoms with Crippen molar-refractivity contribution in [3.05, 3.63) is 28.2 Å². The van der Waals surface area contributed by atoms with E-state index in [0.29, 0.717) is 27.8 Å². The number of hydrogen-bond acceptors (Lipinski definition) is 3. The van der Waals surface area contributed by atoms with Crippen LogP contribution in [0.3, 0.4) is 0 Å². The Balaban J connectivity index is 0.00000161. The Bertz CT molecular complexity index is 478. The van der Waals surface area contributed by atoms with E-state index < -0.39 is 0 Å². The van der Waals surface area contributed by atoms with Gasteiger partial charge in [-0.2, -0.15) is 0 Å². The molecule has 21 heavy (non-hydrogen) atoms. The van der Waals surface area contributed by atoms with Gasteiger partial charge in [0.05, 0.1) is 5.02 Å². The van der Waals surface area contributed by atoms with Crippen LogP contribution in [0.2, 0.25) is 10.0 Å². The number of benzene rings is 1. The van der Waals surface area contributed by atoms with E-state index in [9.17, 15) is 0 Å². The second kappa shape index (κ2) is 7.38. The summed E-state index contributed by atoms with van der Waals surface area (Å²) < 4.78 is 5.76. The molecule has 3 rings (SSSR count). The molecular formula is C15H21Cl3N2O. The second-order valence-corrected chi connectivity index (χ2v) is 6.72. The van der Waals surface area contributed by atoms with E-state index in [1.807, 2.05) is 6.07 Å². The van der Waals surface area contributed by atoms with Gasteiger partial charge in [-0.3, -0.25) is 4.90 Å². The number of nitrogens with zero attached hydrogens (tertiary/aromatic N) is 1. The van der Waals surface area contributed by atoms with Crippen LogP contribution in [0.25, 0.3) is 0 Å². The highest BCUT2D eigenvalue weighted by Gasteiger charge is 2.39. The van der Waals surface area contributed by atoms with Gasteiger partial charge < -0.3 is 10.1 Å². The molecule has 0 saturated carbocycles. The zero-order chi connectivity index (χ0) is 14.0. The van der Waals surface area contributed by atoms with Crippen molar-refractivity contribution >= 4 is 35.6 Å². The minimum atomic E-state index is 0. The summed E-state index contributed by atoms with van der Waals surface area (Å²) in [5.74, 6) is 0.715. The van der Waals surface area contributed by atoms with Gasteiger partial charge >= 0.3 is 0 Å². The van der Waals surface area contributed by atoms with Gasteiger partial charge in [0, 0.05) is 24.7 Å². The minimum absolute atomic E-state index is 0. The van der Waals surface area contributed by atoms with Gasteiger partial charge in [-0.25, -0.2) is 0 Å². The molecule has 2 saturated heterocycles. The summed E-state index contributed by atoms with van der Waals surface area (Å²) in [4.78, 5) is 2.50. The highest BCUT2D eigenvalue weighted by Crippen LogP contribution is 2.35. The van der Waals surface area contributed by atoms with Gasteiger partial charge in [0.2, 0.25) is 0 Å². The smallest absolute Gasteiger partial charge is 0.138 e. The number of rotatable bonds is 4. The average Bonchev–Trinajstić information content (AvgIpc) is 3.03. The molecule has 2 fully saturated rings. The first-order valence-electron chi connectivity index (χ1n) is 7.18. The molecule has 2 heterocycles. The van der Waals surface area contributed by atoms with E-state index in [1.165, 1.54) is 39.0 Å². The fourth-order valence-electron chi connectivity index (χ4n) is 3.24. The van der Waals surface area contributed by atoms with Crippen LogP contribution in [0, 0.1) is 5.41 Å². The van der Waals surface area contributed by atoms with Crippen LogP contribution in [0.15, 0.2) is 18.2 Å². The lowest BCUT2D eigenvalue weighted by Gasteiger charge is -2.22. The Kier molecular flexibility index (Phi) is 6.04. The third-order valence-corrected chi connectivity index (χ3v) is 4.94. The van der Waals surface area contributed by atoms with Crippen LogP contribution >= 0.6 is 35.6 Å². The molecule has 118 valence electrons. The number of halogens is 3. The predicted molar refractivity (Wildman–Crippen MR) is 90.2 cm³/mol. The summed E-state index contributed by atoms with van der Waals surface area (Å²) >= 11 is 12.0. The topological polar surface area (TPSA) is 24.5 Å². The third-order valence-electron chi connectivity index (χ3n) is 4.41. The molecule has 0 radical (unpaired) electrons. The lowest BCUT2D eigenvalue weighted by molar-refractivity contribution is 0.217. The van der Waals surface area contributed by atoms with E-state index in [-0.39, 0.29) is 12.4 Å². The molecule has 0 aliphatic carbocycles. The van der Waals surface area contributed by atoms with Crippen LogP contribution in [0.5, 0.6) is 5.75 Å². The molecule has 2 aliphatic heterocycles. The Morgan fingerprint density at radius 1 is 1.29 bits per heavy atom. The van der Waals surface area contributed by atoms with E-state index in [1.54, 1.807) is 12.1 Å². The minimum Gasteiger partial charge on any atom is -0.491 e. The maximum Gasteiger partial charge on any atom is 0.138 e. The Morgan fingerprint density at radius 3 is 2.86 bits per heavy atom. The first-order chi connectivity index (χ1) is 9.67. The van der Waals surface area contributed by atoms with Gasteiger partial charge in [-0.1, -0.05) is 23.2 Å². The zero-order valence-corrected chi connectivity index (χ0v) is 14.2. The van der Waals surface area contributed by atoms with Crippen molar-refractivity contribution in [2.24, 2.45) is 5.41 Å². The second-order valence-electron chi connectivity index (χ2n) is 5.88. The highest BCUT2D eigenvalue weighted by atomic mass is 35.5. The molecule has 3 nitrogen and oxygen atoms in total. The van der Waals surface area contributed by atoms with Crippen molar-refractivity contribution in [3.8, 4) is 5.75 Å². The summed E-state index contributed by atoms with van der Waals surface area (Å²) in [6.07, 6.45) is 2.62. The maximum absolute atomic E-state index is 6.09. The van der Waals surface area contributed by atoms with Crippen LogP contribution in [-0.2, 0) is 0 Å². The van der Waals surface area contributed by atoms with Crippen molar-refractivity contribution in [1.82, 2.24) is 10.2 Å². The van der Waals surface area contributed by atoms with E-state index in [4.69, 9.17) is 27.9 Å². The molecule has 0 amide bonds. The molecule has 1 spiro atoms. The Labute approximate surface area is 142 Å². The third kappa shape index (κ3) is 4.17. The van der Waals surface area contributed by atoms with E-state index in [0.717, 1.165) is 6.54 Å². The lowest BCUT2D eigenvalue weighted by Crippen LogP contribution is -2.31. The molecule has 0 aromatic heterocycles. The van der Waals surface area contributed by atoms with Crippen molar-refractivity contribution in [2.45, 2.75) is 12.8 Å². The summed E-state index contributed by atoms with van der Waals surface area (Å²) in [7, 11) is 0.